The zero-order valence-electron chi connectivity index (χ0n) is 10.4. The second-order valence-corrected chi connectivity index (χ2v) is 4.69. The van der Waals surface area contributed by atoms with Crippen LogP contribution >= 0.6 is 0 Å². The van der Waals surface area contributed by atoms with Crippen LogP contribution in [0.4, 0.5) is 0 Å². The van der Waals surface area contributed by atoms with Crippen molar-refractivity contribution in [3.05, 3.63) is 35.4 Å². The summed E-state index contributed by atoms with van der Waals surface area (Å²) < 4.78 is 5.18. The van der Waals surface area contributed by atoms with E-state index in [-0.39, 0.29) is 12.1 Å². The highest BCUT2D eigenvalue weighted by Gasteiger charge is 2.24. The van der Waals surface area contributed by atoms with Crippen LogP contribution in [0.1, 0.15) is 30.4 Å². The fourth-order valence-corrected chi connectivity index (χ4v) is 2.45. The lowest BCUT2D eigenvalue weighted by molar-refractivity contribution is 0.148. The molecular weight excluding hydrogens is 214 g/mol. The molecule has 2 atom stereocenters. The minimum atomic E-state index is -0.176. The van der Waals surface area contributed by atoms with Crippen LogP contribution in [-0.2, 0) is 17.9 Å². The summed E-state index contributed by atoms with van der Waals surface area (Å²) in [6.07, 6.45) is 2.95. The minimum Gasteiger partial charge on any atom is -0.392 e. The van der Waals surface area contributed by atoms with Crippen molar-refractivity contribution < 1.29 is 9.84 Å². The molecule has 0 radical (unpaired) electrons. The van der Waals surface area contributed by atoms with Gasteiger partial charge < -0.3 is 15.2 Å². The molecule has 1 saturated carbocycles. The van der Waals surface area contributed by atoms with Gasteiger partial charge in [0.1, 0.15) is 0 Å². The van der Waals surface area contributed by atoms with E-state index in [9.17, 15) is 5.11 Å². The number of ether oxygens (including phenoxy) is 1. The van der Waals surface area contributed by atoms with Crippen molar-refractivity contribution in [2.75, 3.05) is 7.11 Å². The number of methoxy groups -OCH3 is 1. The van der Waals surface area contributed by atoms with Crippen LogP contribution in [0.3, 0.4) is 0 Å². The molecule has 1 aliphatic rings. The smallest absolute Gasteiger partial charge is 0.0716 e. The van der Waals surface area contributed by atoms with Gasteiger partial charge >= 0.3 is 0 Å². The van der Waals surface area contributed by atoms with Gasteiger partial charge in [0.05, 0.1) is 12.7 Å². The first-order valence-corrected chi connectivity index (χ1v) is 6.28. The SMILES string of the molecule is COCc1ccccc1CNC1CCCC1O. The third kappa shape index (κ3) is 3.28. The zero-order chi connectivity index (χ0) is 12.1. The number of nitrogens with one attached hydrogen (secondary N) is 1. The van der Waals surface area contributed by atoms with Crippen LogP contribution in [0, 0.1) is 0 Å². The summed E-state index contributed by atoms with van der Waals surface area (Å²) in [4.78, 5) is 0. The van der Waals surface area contributed by atoms with Crippen LogP contribution in [-0.4, -0.2) is 24.4 Å². The second kappa shape index (κ2) is 6.15. The Bertz CT molecular complexity index is 354. The first-order chi connectivity index (χ1) is 8.31. The van der Waals surface area contributed by atoms with Crippen molar-refractivity contribution in [1.29, 1.82) is 0 Å². The predicted octanol–water partition coefficient (Wildman–Crippen LogP) is 1.84. The fourth-order valence-electron chi connectivity index (χ4n) is 2.45. The van der Waals surface area contributed by atoms with Gasteiger partial charge in [0, 0.05) is 19.7 Å². The van der Waals surface area contributed by atoms with Crippen LogP contribution in [0.15, 0.2) is 24.3 Å². The van der Waals surface area contributed by atoms with Gasteiger partial charge in [-0.3, -0.25) is 0 Å². The van der Waals surface area contributed by atoms with Crippen LogP contribution in [0.25, 0.3) is 0 Å². The van der Waals surface area contributed by atoms with Crippen molar-refractivity contribution >= 4 is 0 Å². The summed E-state index contributed by atoms with van der Waals surface area (Å²) >= 11 is 0. The molecule has 17 heavy (non-hydrogen) atoms. The number of aliphatic hydroxyl groups excluding tert-OH is 1. The molecule has 1 aromatic rings. The monoisotopic (exact) mass is 235 g/mol. The van der Waals surface area contributed by atoms with Gasteiger partial charge in [0.15, 0.2) is 0 Å². The van der Waals surface area contributed by atoms with E-state index in [1.54, 1.807) is 7.11 Å². The van der Waals surface area contributed by atoms with Gasteiger partial charge in [-0.05, 0) is 30.4 Å². The average molecular weight is 235 g/mol. The second-order valence-electron chi connectivity index (χ2n) is 4.69. The number of benzene rings is 1. The number of hydrogen-bond acceptors (Lipinski definition) is 3. The highest BCUT2D eigenvalue weighted by molar-refractivity contribution is 5.26. The Morgan fingerprint density at radius 2 is 2.06 bits per heavy atom. The topological polar surface area (TPSA) is 41.5 Å². The molecule has 0 amide bonds. The molecule has 3 nitrogen and oxygen atoms in total. The third-order valence-electron chi connectivity index (χ3n) is 3.45. The molecule has 3 heteroatoms. The summed E-state index contributed by atoms with van der Waals surface area (Å²) in [5, 5.41) is 13.2. The van der Waals surface area contributed by atoms with E-state index < -0.39 is 0 Å². The normalized spacial score (nSPS) is 24.1. The van der Waals surface area contributed by atoms with Crippen molar-refractivity contribution in [3.8, 4) is 0 Å². The average Bonchev–Trinajstić information content (AvgIpc) is 2.74. The van der Waals surface area contributed by atoms with Crippen LogP contribution < -0.4 is 5.32 Å². The van der Waals surface area contributed by atoms with Gasteiger partial charge in [-0.1, -0.05) is 24.3 Å². The molecule has 0 saturated heterocycles. The largest absolute Gasteiger partial charge is 0.392 e. The summed E-state index contributed by atoms with van der Waals surface area (Å²) in [5.41, 5.74) is 2.48. The van der Waals surface area contributed by atoms with Gasteiger partial charge in [0.25, 0.3) is 0 Å². The molecule has 0 heterocycles. The standard InChI is InChI=1S/C14H21NO2/c1-17-10-12-6-3-2-5-11(12)9-15-13-7-4-8-14(13)16/h2-3,5-6,13-16H,4,7-10H2,1H3. The molecule has 1 aromatic carbocycles. The Hall–Kier alpha value is -0.900. The maximum atomic E-state index is 9.75. The molecule has 94 valence electrons. The molecule has 0 aliphatic heterocycles. The lowest BCUT2D eigenvalue weighted by Crippen LogP contribution is -2.35. The fraction of sp³-hybridized carbons (Fsp3) is 0.571. The van der Waals surface area contributed by atoms with E-state index in [0.717, 1.165) is 25.8 Å². The Balaban J connectivity index is 1.93. The number of rotatable bonds is 5. The predicted molar refractivity (Wildman–Crippen MR) is 67.6 cm³/mol. The minimum absolute atomic E-state index is 0.176. The van der Waals surface area contributed by atoms with E-state index in [2.05, 4.69) is 17.4 Å². The van der Waals surface area contributed by atoms with E-state index in [0.29, 0.717) is 6.61 Å². The molecule has 0 bridgehead atoms. The molecule has 2 N–H and O–H groups in total. The van der Waals surface area contributed by atoms with Crippen molar-refractivity contribution in [2.45, 2.75) is 44.6 Å². The zero-order valence-corrected chi connectivity index (χ0v) is 10.4. The Morgan fingerprint density at radius 3 is 2.71 bits per heavy atom. The Morgan fingerprint density at radius 1 is 1.29 bits per heavy atom. The van der Waals surface area contributed by atoms with Gasteiger partial charge in [-0.2, -0.15) is 0 Å². The van der Waals surface area contributed by atoms with Crippen molar-refractivity contribution in [3.63, 3.8) is 0 Å². The van der Waals surface area contributed by atoms with Crippen molar-refractivity contribution in [2.24, 2.45) is 0 Å². The lowest BCUT2D eigenvalue weighted by atomic mass is 10.1. The molecular formula is C14H21NO2. The van der Waals surface area contributed by atoms with E-state index >= 15 is 0 Å². The van der Waals surface area contributed by atoms with E-state index in [4.69, 9.17) is 4.74 Å². The number of hydrogen-bond donors (Lipinski definition) is 2. The molecule has 2 unspecified atom stereocenters. The van der Waals surface area contributed by atoms with Crippen LogP contribution in [0.2, 0.25) is 0 Å². The maximum Gasteiger partial charge on any atom is 0.0716 e. The molecule has 1 aliphatic carbocycles. The lowest BCUT2D eigenvalue weighted by Gasteiger charge is -2.17. The molecule has 1 fully saturated rings. The Kier molecular flexibility index (Phi) is 4.54. The van der Waals surface area contributed by atoms with E-state index in [1.807, 2.05) is 12.1 Å². The van der Waals surface area contributed by atoms with Gasteiger partial charge in [0.2, 0.25) is 0 Å². The quantitative estimate of drug-likeness (QED) is 0.818. The van der Waals surface area contributed by atoms with Gasteiger partial charge in [-0.25, -0.2) is 0 Å². The number of aliphatic hydroxyl groups is 1. The first kappa shape index (κ1) is 12.6. The van der Waals surface area contributed by atoms with E-state index in [1.165, 1.54) is 11.1 Å². The third-order valence-corrected chi connectivity index (χ3v) is 3.45. The summed E-state index contributed by atoms with van der Waals surface area (Å²) in [6, 6.07) is 8.53. The summed E-state index contributed by atoms with van der Waals surface area (Å²) in [5.74, 6) is 0. The molecule has 0 aromatic heterocycles. The molecule has 0 spiro atoms. The molecule has 2 rings (SSSR count). The maximum absolute atomic E-state index is 9.75. The summed E-state index contributed by atoms with van der Waals surface area (Å²) in [7, 11) is 1.71. The van der Waals surface area contributed by atoms with Crippen molar-refractivity contribution in [1.82, 2.24) is 5.32 Å². The summed E-state index contributed by atoms with van der Waals surface area (Å²) in [6.45, 7) is 1.45. The van der Waals surface area contributed by atoms with Crippen LogP contribution in [0.5, 0.6) is 0 Å². The first-order valence-electron chi connectivity index (χ1n) is 6.28. The highest BCUT2D eigenvalue weighted by Crippen LogP contribution is 2.19. The van der Waals surface area contributed by atoms with Gasteiger partial charge in [-0.15, -0.1) is 0 Å². The Labute approximate surface area is 103 Å². The highest BCUT2D eigenvalue weighted by atomic mass is 16.5.